The molecule has 0 aromatic heterocycles. The molecule has 0 radical (unpaired) electrons. The molecular weight excluding hydrogens is 320 g/mol. The molecule has 2 aromatic rings. The van der Waals surface area contributed by atoms with Gasteiger partial charge in [0.25, 0.3) is 5.91 Å². The van der Waals surface area contributed by atoms with E-state index in [1.54, 1.807) is 12.1 Å². The molecule has 0 spiro atoms. The van der Waals surface area contributed by atoms with Crippen molar-refractivity contribution in [3.05, 3.63) is 59.2 Å². The Morgan fingerprint density at radius 3 is 2.52 bits per heavy atom. The van der Waals surface area contributed by atoms with E-state index in [1.807, 2.05) is 44.2 Å². The standard InChI is InChI=1S/C19H22N2O4/c1-13-6-5-9-16(14(13)2)21-17-8-4-3-7-15(17)19(24)20-10-11-25-12-18(22)23/h3-9,21H,10-12H2,1-2H3,(H,20,24)(H,22,23). The number of carbonyl (C=O) groups is 2. The molecule has 6 heteroatoms. The number of anilines is 2. The SMILES string of the molecule is Cc1cccc(Nc2ccccc2C(=O)NCCOCC(=O)O)c1C. The molecule has 6 nitrogen and oxygen atoms in total. The Morgan fingerprint density at radius 1 is 1.04 bits per heavy atom. The van der Waals surface area contributed by atoms with Gasteiger partial charge < -0.3 is 20.5 Å². The third-order valence-electron chi connectivity index (χ3n) is 3.80. The highest BCUT2D eigenvalue weighted by molar-refractivity contribution is 6.00. The van der Waals surface area contributed by atoms with Gasteiger partial charge in [0.2, 0.25) is 0 Å². The van der Waals surface area contributed by atoms with E-state index in [-0.39, 0.29) is 25.7 Å². The first-order valence-corrected chi connectivity index (χ1v) is 7.99. The van der Waals surface area contributed by atoms with Crippen LogP contribution < -0.4 is 10.6 Å². The van der Waals surface area contributed by atoms with Gasteiger partial charge in [-0.15, -0.1) is 0 Å². The number of rotatable bonds is 8. The van der Waals surface area contributed by atoms with Crippen LogP contribution in [0.15, 0.2) is 42.5 Å². The summed E-state index contributed by atoms with van der Waals surface area (Å²) in [6, 6.07) is 13.2. The van der Waals surface area contributed by atoms with Crippen LogP contribution in [0.2, 0.25) is 0 Å². The number of carboxylic acids is 1. The average molecular weight is 342 g/mol. The minimum Gasteiger partial charge on any atom is -0.480 e. The highest BCUT2D eigenvalue weighted by atomic mass is 16.5. The van der Waals surface area contributed by atoms with Crippen molar-refractivity contribution in [3.8, 4) is 0 Å². The molecule has 0 fully saturated rings. The molecule has 0 heterocycles. The zero-order chi connectivity index (χ0) is 18.2. The molecule has 0 aliphatic rings. The van der Waals surface area contributed by atoms with Crippen molar-refractivity contribution in [1.29, 1.82) is 0 Å². The highest BCUT2D eigenvalue weighted by Crippen LogP contribution is 2.25. The fourth-order valence-electron chi connectivity index (χ4n) is 2.31. The molecule has 0 aliphatic heterocycles. The maximum atomic E-state index is 12.4. The maximum Gasteiger partial charge on any atom is 0.329 e. The van der Waals surface area contributed by atoms with Gasteiger partial charge in [-0.25, -0.2) is 4.79 Å². The monoisotopic (exact) mass is 342 g/mol. The zero-order valence-corrected chi connectivity index (χ0v) is 14.3. The maximum absolute atomic E-state index is 12.4. The molecular formula is C19H22N2O4. The van der Waals surface area contributed by atoms with Crippen LogP contribution in [0.4, 0.5) is 11.4 Å². The van der Waals surface area contributed by atoms with E-state index in [4.69, 9.17) is 9.84 Å². The van der Waals surface area contributed by atoms with Gasteiger partial charge in [0, 0.05) is 12.2 Å². The topological polar surface area (TPSA) is 87.7 Å². The molecule has 0 aliphatic carbocycles. The summed E-state index contributed by atoms with van der Waals surface area (Å²) in [5.74, 6) is -1.28. The molecule has 2 rings (SSSR count). The lowest BCUT2D eigenvalue weighted by Gasteiger charge is -2.15. The summed E-state index contributed by atoms with van der Waals surface area (Å²) in [5.41, 5.74) is 4.47. The fourth-order valence-corrected chi connectivity index (χ4v) is 2.31. The summed E-state index contributed by atoms with van der Waals surface area (Å²) >= 11 is 0. The van der Waals surface area contributed by atoms with Crippen LogP contribution in [0, 0.1) is 13.8 Å². The Hall–Kier alpha value is -2.86. The van der Waals surface area contributed by atoms with Crippen molar-refractivity contribution in [1.82, 2.24) is 5.32 Å². The Bertz CT molecular complexity index is 759. The number of hydrogen-bond donors (Lipinski definition) is 3. The van der Waals surface area contributed by atoms with E-state index >= 15 is 0 Å². The Balaban J connectivity index is 2.03. The van der Waals surface area contributed by atoms with Crippen LogP contribution >= 0.6 is 0 Å². The second kappa shape index (κ2) is 8.84. The van der Waals surface area contributed by atoms with Gasteiger partial charge >= 0.3 is 5.97 Å². The number of carboxylic acid groups (broad SMARTS) is 1. The number of amides is 1. The van der Waals surface area contributed by atoms with E-state index in [9.17, 15) is 9.59 Å². The summed E-state index contributed by atoms with van der Waals surface area (Å²) in [5, 5.41) is 14.5. The van der Waals surface area contributed by atoms with Gasteiger partial charge in [-0.1, -0.05) is 24.3 Å². The van der Waals surface area contributed by atoms with E-state index in [2.05, 4.69) is 10.6 Å². The number of ether oxygens (including phenoxy) is 1. The van der Waals surface area contributed by atoms with E-state index in [0.717, 1.165) is 11.3 Å². The van der Waals surface area contributed by atoms with E-state index in [0.29, 0.717) is 11.3 Å². The second-order valence-electron chi connectivity index (χ2n) is 5.62. The number of aryl methyl sites for hydroxylation is 1. The van der Waals surface area contributed by atoms with Crippen molar-refractivity contribution in [2.24, 2.45) is 0 Å². The third kappa shape index (κ3) is 5.32. The Morgan fingerprint density at radius 2 is 1.76 bits per heavy atom. The van der Waals surface area contributed by atoms with Crippen LogP contribution in [0.25, 0.3) is 0 Å². The van der Waals surface area contributed by atoms with Crippen LogP contribution in [-0.4, -0.2) is 36.7 Å². The molecule has 3 N–H and O–H groups in total. The number of nitrogens with one attached hydrogen (secondary N) is 2. The molecule has 0 saturated carbocycles. The van der Waals surface area contributed by atoms with E-state index < -0.39 is 5.97 Å². The van der Waals surface area contributed by atoms with Gasteiger partial charge in [-0.05, 0) is 43.2 Å². The molecule has 25 heavy (non-hydrogen) atoms. The molecule has 2 aromatic carbocycles. The lowest BCUT2D eigenvalue weighted by atomic mass is 10.1. The number of hydrogen-bond acceptors (Lipinski definition) is 4. The van der Waals surface area contributed by atoms with Crippen LogP contribution in [-0.2, 0) is 9.53 Å². The van der Waals surface area contributed by atoms with Crippen molar-refractivity contribution in [2.75, 3.05) is 25.1 Å². The third-order valence-corrected chi connectivity index (χ3v) is 3.80. The van der Waals surface area contributed by atoms with Gasteiger partial charge in [-0.2, -0.15) is 0 Å². The normalized spacial score (nSPS) is 10.3. The lowest BCUT2D eigenvalue weighted by Crippen LogP contribution is -2.28. The molecule has 0 unspecified atom stereocenters. The predicted octanol–water partition coefficient (Wildman–Crippen LogP) is 2.88. The number of carbonyl (C=O) groups excluding carboxylic acids is 1. The largest absolute Gasteiger partial charge is 0.480 e. The summed E-state index contributed by atoms with van der Waals surface area (Å²) in [6.45, 7) is 4.07. The van der Waals surface area contributed by atoms with Gasteiger partial charge in [0.05, 0.1) is 17.9 Å². The van der Waals surface area contributed by atoms with Crippen LogP contribution in [0.5, 0.6) is 0 Å². The molecule has 0 bridgehead atoms. The first-order chi connectivity index (χ1) is 12.0. The summed E-state index contributed by atoms with van der Waals surface area (Å²) in [4.78, 5) is 22.7. The number of para-hydroxylation sites is 1. The molecule has 0 atom stereocenters. The summed E-state index contributed by atoms with van der Waals surface area (Å²) in [6.07, 6.45) is 0. The van der Waals surface area contributed by atoms with Crippen molar-refractivity contribution in [3.63, 3.8) is 0 Å². The van der Waals surface area contributed by atoms with E-state index in [1.165, 1.54) is 5.56 Å². The smallest absolute Gasteiger partial charge is 0.329 e. The number of aliphatic carboxylic acids is 1. The first kappa shape index (κ1) is 18.5. The van der Waals surface area contributed by atoms with Crippen molar-refractivity contribution in [2.45, 2.75) is 13.8 Å². The summed E-state index contributed by atoms with van der Waals surface area (Å²) in [7, 11) is 0. The van der Waals surface area contributed by atoms with Crippen molar-refractivity contribution >= 4 is 23.3 Å². The number of benzene rings is 2. The van der Waals surface area contributed by atoms with Crippen LogP contribution in [0.1, 0.15) is 21.5 Å². The van der Waals surface area contributed by atoms with Crippen molar-refractivity contribution < 1.29 is 19.4 Å². The predicted molar refractivity (Wildman–Crippen MR) is 96.4 cm³/mol. The minimum absolute atomic E-state index is 0.143. The first-order valence-electron chi connectivity index (χ1n) is 7.99. The van der Waals surface area contributed by atoms with Gasteiger partial charge in [0.15, 0.2) is 0 Å². The Labute approximate surface area is 146 Å². The highest BCUT2D eigenvalue weighted by Gasteiger charge is 2.11. The quantitative estimate of drug-likeness (QED) is 0.642. The lowest BCUT2D eigenvalue weighted by molar-refractivity contribution is -0.142. The van der Waals surface area contributed by atoms with Gasteiger partial charge in [0.1, 0.15) is 6.61 Å². The summed E-state index contributed by atoms with van der Waals surface area (Å²) < 4.78 is 4.91. The minimum atomic E-state index is -1.03. The van der Waals surface area contributed by atoms with Crippen LogP contribution in [0.3, 0.4) is 0 Å². The Kier molecular flexibility index (Phi) is 6.54. The average Bonchev–Trinajstić information content (AvgIpc) is 2.58. The molecule has 132 valence electrons. The second-order valence-corrected chi connectivity index (χ2v) is 5.62. The van der Waals surface area contributed by atoms with Gasteiger partial charge in [-0.3, -0.25) is 4.79 Å². The zero-order valence-electron chi connectivity index (χ0n) is 14.3. The molecule has 0 saturated heterocycles. The fraction of sp³-hybridized carbons (Fsp3) is 0.263. The molecule has 1 amide bonds.